The summed E-state index contributed by atoms with van der Waals surface area (Å²) in [5.41, 5.74) is 0.551. The lowest BCUT2D eigenvalue weighted by Crippen LogP contribution is -2.53. The Morgan fingerprint density at radius 3 is 2.12 bits per heavy atom. The molecule has 0 aliphatic carbocycles. The lowest BCUT2D eigenvalue weighted by Gasteiger charge is -2.36. The molecule has 1 rings (SSSR count). The van der Waals surface area contributed by atoms with Crippen molar-refractivity contribution in [2.24, 2.45) is 5.41 Å². The molecule has 1 N–H and O–H groups in total. The van der Waals surface area contributed by atoms with Crippen LogP contribution in [0.4, 0.5) is 4.79 Å². The van der Waals surface area contributed by atoms with Crippen LogP contribution < -0.4 is 5.32 Å². The van der Waals surface area contributed by atoms with Crippen molar-refractivity contribution >= 4 is 16.1 Å². The number of sulfonamides is 1. The van der Waals surface area contributed by atoms with Crippen molar-refractivity contribution in [1.29, 1.82) is 0 Å². The summed E-state index contributed by atoms with van der Waals surface area (Å²) in [7, 11) is -1.94. The first-order valence-corrected chi connectivity index (χ1v) is 10.1. The van der Waals surface area contributed by atoms with Crippen LogP contribution in [-0.4, -0.2) is 43.2 Å². The van der Waals surface area contributed by atoms with Crippen LogP contribution in [0.2, 0.25) is 0 Å². The number of benzene rings is 1. The minimum atomic E-state index is -3.48. The fraction of sp³-hybridized carbons (Fsp3) is 0.632. The Balaban J connectivity index is 2.77. The largest absolute Gasteiger partial charge is 0.445 e. The van der Waals surface area contributed by atoms with Crippen molar-refractivity contribution in [2.45, 2.75) is 58.9 Å². The van der Waals surface area contributed by atoms with Crippen LogP contribution in [0.15, 0.2) is 30.3 Å². The van der Waals surface area contributed by atoms with Crippen molar-refractivity contribution in [3.63, 3.8) is 0 Å². The number of alkyl carbamates (subject to hydrolysis) is 1. The molecule has 0 heterocycles. The maximum atomic E-state index is 12.6. The average Bonchev–Trinajstić information content (AvgIpc) is 2.51. The van der Waals surface area contributed by atoms with Crippen LogP contribution >= 0.6 is 0 Å². The van der Waals surface area contributed by atoms with E-state index in [4.69, 9.17) is 4.74 Å². The highest BCUT2D eigenvalue weighted by Crippen LogP contribution is 2.24. The smallest absolute Gasteiger partial charge is 0.407 e. The topological polar surface area (TPSA) is 75.7 Å². The fourth-order valence-electron chi connectivity index (χ4n) is 2.27. The molecule has 6 nitrogen and oxygen atoms in total. The van der Waals surface area contributed by atoms with E-state index in [0.29, 0.717) is 0 Å². The molecule has 0 saturated carbocycles. The normalized spacial score (nSPS) is 14.2. The molecule has 0 aliphatic heterocycles. The molecule has 0 aliphatic rings. The van der Waals surface area contributed by atoms with Gasteiger partial charge in [-0.15, -0.1) is 0 Å². The van der Waals surface area contributed by atoms with Crippen molar-refractivity contribution in [2.75, 3.05) is 13.6 Å². The van der Waals surface area contributed by atoms with Crippen molar-refractivity contribution in [1.82, 2.24) is 9.62 Å². The molecule has 0 radical (unpaired) electrons. The van der Waals surface area contributed by atoms with Gasteiger partial charge in [-0.05, 0) is 31.7 Å². The summed E-state index contributed by atoms with van der Waals surface area (Å²) in [6, 6.07) is 9.00. The predicted molar refractivity (Wildman–Crippen MR) is 104 cm³/mol. The van der Waals surface area contributed by atoms with Crippen LogP contribution in [0, 0.1) is 5.41 Å². The van der Waals surface area contributed by atoms with Gasteiger partial charge >= 0.3 is 6.09 Å². The number of nitrogens with one attached hydrogen (secondary N) is 1. The van der Waals surface area contributed by atoms with Gasteiger partial charge in [0.2, 0.25) is 10.0 Å². The van der Waals surface area contributed by atoms with E-state index in [9.17, 15) is 13.2 Å². The first-order chi connectivity index (χ1) is 11.7. The highest BCUT2D eigenvalue weighted by atomic mass is 32.2. The molecule has 7 heteroatoms. The van der Waals surface area contributed by atoms with Gasteiger partial charge in [-0.25, -0.2) is 17.5 Å². The summed E-state index contributed by atoms with van der Waals surface area (Å²) in [5, 5.41) is 2.81. The number of likely N-dealkylation sites (N-methyl/N-ethyl adjacent to an activating group) is 1. The molecule has 1 atom stereocenters. The number of amides is 1. The first-order valence-electron chi connectivity index (χ1n) is 8.68. The summed E-state index contributed by atoms with van der Waals surface area (Å²) in [6.45, 7) is 11.2. The van der Waals surface area contributed by atoms with Crippen molar-refractivity contribution in [3.05, 3.63) is 35.9 Å². The molecule has 1 aromatic rings. The van der Waals surface area contributed by atoms with Gasteiger partial charge in [0.25, 0.3) is 0 Å². The first kappa shape index (κ1) is 22.4. The Labute approximate surface area is 158 Å². The number of ether oxygens (including phenoxy) is 1. The highest BCUT2D eigenvalue weighted by Gasteiger charge is 2.37. The fourth-order valence-corrected chi connectivity index (χ4v) is 3.55. The Kier molecular flexibility index (Phi) is 7.24. The SMILES string of the molecule is CN(C[C@@H](NC(=O)OCc1ccccc1)C(C)(C)C)S(=O)(=O)C(C)(C)C. The third-order valence-corrected chi connectivity index (χ3v) is 6.69. The van der Waals surface area contributed by atoms with Gasteiger partial charge in [-0.3, -0.25) is 0 Å². The van der Waals surface area contributed by atoms with E-state index in [1.165, 1.54) is 11.4 Å². The van der Waals surface area contributed by atoms with E-state index in [1.54, 1.807) is 20.8 Å². The number of hydrogen-bond donors (Lipinski definition) is 1. The summed E-state index contributed by atoms with van der Waals surface area (Å²) in [6.07, 6.45) is -0.560. The molecule has 0 bridgehead atoms. The van der Waals surface area contributed by atoms with Gasteiger partial charge in [0, 0.05) is 13.6 Å². The zero-order valence-electron chi connectivity index (χ0n) is 16.9. The highest BCUT2D eigenvalue weighted by molar-refractivity contribution is 7.90. The van der Waals surface area contributed by atoms with Crippen molar-refractivity contribution < 1.29 is 17.9 Å². The van der Waals surface area contributed by atoms with Gasteiger partial charge in [0.1, 0.15) is 6.61 Å². The molecular formula is C19H32N2O4S. The van der Waals surface area contributed by atoms with Crippen LogP contribution in [0.5, 0.6) is 0 Å². The third kappa shape index (κ3) is 6.29. The molecule has 26 heavy (non-hydrogen) atoms. The molecule has 1 amide bonds. The van der Waals surface area contributed by atoms with E-state index in [1.807, 2.05) is 51.1 Å². The third-order valence-electron chi connectivity index (χ3n) is 4.17. The van der Waals surface area contributed by atoms with Gasteiger partial charge < -0.3 is 10.1 Å². The number of carbonyl (C=O) groups excluding carboxylic acids is 1. The zero-order chi connectivity index (χ0) is 20.2. The lowest BCUT2D eigenvalue weighted by atomic mass is 9.87. The zero-order valence-corrected chi connectivity index (χ0v) is 17.7. The van der Waals surface area contributed by atoms with Crippen molar-refractivity contribution in [3.8, 4) is 0 Å². The number of carbonyl (C=O) groups is 1. The molecule has 0 saturated heterocycles. The summed E-state index contributed by atoms with van der Waals surface area (Å²) in [5.74, 6) is 0. The van der Waals surface area contributed by atoms with E-state index in [-0.39, 0.29) is 18.6 Å². The second-order valence-electron chi connectivity index (χ2n) is 8.52. The number of rotatable bonds is 6. The second-order valence-corrected chi connectivity index (χ2v) is 11.3. The van der Waals surface area contributed by atoms with Gasteiger partial charge in [0.05, 0.1) is 10.8 Å². The number of hydrogen-bond acceptors (Lipinski definition) is 4. The molecule has 1 aromatic carbocycles. The number of nitrogens with zero attached hydrogens (tertiary/aromatic N) is 1. The quantitative estimate of drug-likeness (QED) is 0.816. The summed E-state index contributed by atoms with van der Waals surface area (Å²) < 4.78 is 30.9. The maximum absolute atomic E-state index is 12.6. The monoisotopic (exact) mass is 384 g/mol. The van der Waals surface area contributed by atoms with E-state index in [0.717, 1.165) is 5.56 Å². The van der Waals surface area contributed by atoms with Crippen LogP contribution in [-0.2, 0) is 21.4 Å². The average molecular weight is 385 g/mol. The Bertz CT molecular complexity index is 688. The predicted octanol–water partition coefficient (Wildman–Crippen LogP) is 3.39. The standard InChI is InChI=1S/C19H32N2O4S/c1-18(2,3)16(13-21(7)26(23,24)19(4,5)6)20-17(22)25-14-15-11-9-8-10-12-15/h8-12,16H,13-14H2,1-7H3,(H,20,22)/t16-/m1/s1. The summed E-state index contributed by atoms with van der Waals surface area (Å²) >= 11 is 0. The van der Waals surface area contributed by atoms with E-state index >= 15 is 0 Å². The Morgan fingerprint density at radius 1 is 1.12 bits per heavy atom. The van der Waals surface area contributed by atoms with Crippen LogP contribution in [0.25, 0.3) is 0 Å². The minimum absolute atomic E-state index is 0.166. The molecule has 148 valence electrons. The van der Waals surface area contributed by atoms with Gasteiger partial charge in [-0.2, -0.15) is 0 Å². The van der Waals surface area contributed by atoms with E-state index < -0.39 is 26.9 Å². The van der Waals surface area contributed by atoms with Gasteiger partial charge in [-0.1, -0.05) is 51.1 Å². The maximum Gasteiger partial charge on any atom is 0.407 e. The van der Waals surface area contributed by atoms with Crippen LogP contribution in [0.1, 0.15) is 47.1 Å². The molecule has 0 spiro atoms. The molecule has 0 fully saturated rings. The lowest BCUT2D eigenvalue weighted by molar-refractivity contribution is 0.123. The Hall–Kier alpha value is -1.60. The molecular weight excluding hydrogens is 352 g/mol. The van der Waals surface area contributed by atoms with Crippen LogP contribution in [0.3, 0.4) is 0 Å². The van der Waals surface area contributed by atoms with E-state index in [2.05, 4.69) is 5.32 Å². The minimum Gasteiger partial charge on any atom is -0.445 e. The second kappa shape index (κ2) is 8.39. The molecule has 0 unspecified atom stereocenters. The summed E-state index contributed by atoms with van der Waals surface area (Å²) in [4.78, 5) is 12.2. The Morgan fingerprint density at radius 2 is 1.65 bits per heavy atom. The molecule has 0 aromatic heterocycles. The van der Waals surface area contributed by atoms with Gasteiger partial charge in [0.15, 0.2) is 0 Å².